The zero-order valence-electron chi connectivity index (χ0n) is 13.6. The molecule has 2 amide bonds. The second-order valence-corrected chi connectivity index (χ2v) is 6.79. The maximum absolute atomic E-state index is 12.6. The lowest BCUT2D eigenvalue weighted by atomic mass is 9.95. The lowest BCUT2D eigenvalue weighted by molar-refractivity contribution is -0.137. The fourth-order valence-electron chi connectivity index (χ4n) is 3.65. The quantitative estimate of drug-likeness (QED) is 0.885. The summed E-state index contributed by atoms with van der Waals surface area (Å²) in [6, 6.07) is 1.78. The first-order chi connectivity index (χ1) is 11.0. The Morgan fingerprint density at radius 1 is 1.30 bits per heavy atom. The van der Waals surface area contributed by atoms with Crippen molar-refractivity contribution in [2.45, 2.75) is 57.0 Å². The number of carbonyl (C=O) groups is 2. The molecule has 126 valence electrons. The summed E-state index contributed by atoms with van der Waals surface area (Å²) in [5.74, 6) is 0.610. The molecule has 6 nitrogen and oxygen atoms in total. The molecule has 2 fully saturated rings. The topological polar surface area (TPSA) is 88.6 Å². The van der Waals surface area contributed by atoms with Gasteiger partial charge < -0.3 is 20.4 Å². The number of hydrogen-bond donors (Lipinski definition) is 2. The maximum atomic E-state index is 12.6. The Morgan fingerprint density at radius 3 is 2.52 bits per heavy atom. The van der Waals surface area contributed by atoms with E-state index in [2.05, 4.69) is 5.32 Å². The van der Waals surface area contributed by atoms with E-state index in [0.29, 0.717) is 24.4 Å². The molecule has 0 atom stereocenters. The number of aryl methyl sites for hydroxylation is 1. The van der Waals surface area contributed by atoms with Crippen molar-refractivity contribution in [2.75, 3.05) is 13.1 Å². The molecule has 0 aromatic carbocycles. The summed E-state index contributed by atoms with van der Waals surface area (Å²) in [7, 11) is 0. The molecule has 3 N–H and O–H groups in total. The first-order valence-electron chi connectivity index (χ1n) is 8.43. The first kappa shape index (κ1) is 16.1. The third kappa shape index (κ3) is 3.27. The number of furan rings is 1. The van der Waals surface area contributed by atoms with E-state index in [0.717, 1.165) is 38.5 Å². The summed E-state index contributed by atoms with van der Waals surface area (Å²) < 4.78 is 5.16. The standard InChI is InChI=1S/C17H25N3O3/c1-12-14(6-11-23-12)15(21)19-13-4-9-20(10-5-13)16(22)17(18)7-2-3-8-17/h6,11,13H,2-5,7-10,18H2,1H3,(H,19,21). The highest BCUT2D eigenvalue weighted by Gasteiger charge is 2.40. The zero-order chi connectivity index (χ0) is 16.4. The lowest BCUT2D eigenvalue weighted by Gasteiger charge is -2.37. The number of hydrogen-bond acceptors (Lipinski definition) is 4. The van der Waals surface area contributed by atoms with Gasteiger partial charge in [0.25, 0.3) is 5.91 Å². The summed E-state index contributed by atoms with van der Waals surface area (Å²) in [4.78, 5) is 26.7. The largest absolute Gasteiger partial charge is 0.469 e. The van der Waals surface area contributed by atoms with E-state index in [1.807, 2.05) is 4.90 Å². The van der Waals surface area contributed by atoms with E-state index in [1.54, 1.807) is 13.0 Å². The van der Waals surface area contributed by atoms with Gasteiger partial charge in [-0.25, -0.2) is 0 Å². The normalized spacial score (nSPS) is 21.4. The van der Waals surface area contributed by atoms with E-state index in [4.69, 9.17) is 10.2 Å². The van der Waals surface area contributed by atoms with Gasteiger partial charge in [0, 0.05) is 19.1 Å². The van der Waals surface area contributed by atoms with Crippen LogP contribution in [0.3, 0.4) is 0 Å². The van der Waals surface area contributed by atoms with Crippen molar-refractivity contribution in [1.82, 2.24) is 10.2 Å². The van der Waals surface area contributed by atoms with Crippen molar-refractivity contribution in [2.24, 2.45) is 5.73 Å². The van der Waals surface area contributed by atoms with Crippen LogP contribution >= 0.6 is 0 Å². The Balaban J connectivity index is 1.51. The molecule has 0 bridgehead atoms. The molecule has 1 aliphatic carbocycles. The van der Waals surface area contributed by atoms with Crippen LogP contribution in [0.2, 0.25) is 0 Å². The van der Waals surface area contributed by atoms with Crippen LogP contribution in [0.15, 0.2) is 16.7 Å². The highest BCUT2D eigenvalue weighted by Crippen LogP contribution is 2.30. The van der Waals surface area contributed by atoms with E-state index >= 15 is 0 Å². The molecule has 1 aromatic heterocycles. The van der Waals surface area contributed by atoms with Crippen molar-refractivity contribution >= 4 is 11.8 Å². The Labute approximate surface area is 136 Å². The molecule has 1 aliphatic heterocycles. The fraction of sp³-hybridized carbons (Fsp3) is 0.647. The van der Waals surface area contributed by atoms with Gasteiger partial charge in [-0.1, -0.05) is 12.8 Å². The van der Waals surface area contributed by atoms with Gasteiger partial charge in [0.1, 0.15) is 5.76 Å². The SMILES string of the molecule is Cc1occc1C(=O)NC1CCN(C(=O)C2(N)CCCC2)CC1. The van der Waals surface area contributed by atoms with Crippen LogP contribution < -0.4 is 11.1 Å². The van der Waals surface area contributed by atoms with Crippen molar-refractivity contribution in [1.29, 1.82) is 0 Å². The molecule has 0 radical (unpaired) electrons. The third-order valence-electron chi connectivity index (χ3n) is 5.14. The number of nitrogens with one attached hydrogen (secondary N) is 1. The predicted octanol–water partition coefficient (Wildman–Crippen LogP) is 1.58. The maximum Gasteiger partial charge on any atom is 0.255 e. The molecular weight excluding hydrogens is 294 g/mol. The summed E-state index contributed by atoms with van der Waals surface area (Å²) >= 11 is 0. The number of rotatable bonds is 3. The molecule has 2 aliphatic rings. The molecule has 2 heterocycles. The molecule has 1 saturated heterocycles. The summed E-state index contributed by atoms with van der Waals surface area (Å²) in [6.45, 7) is 3.10. The molecule has 0 unspecified atom stereocenters. The van der Waals surface area contributed by atoms with Gasteiger partial charge in [-0.3, -0.25) is 9.59 Å². The third-order valence-corrected chi connectivity index (χ3v) is 5.14. The number of amides is 2. The van der Waals surface area contributed by atoms with Crippen molar-refractivity contribution in [3.05, 3.63) is 23.7 Å². The molecule has 0 spiro atoms. The van der Waals surface area contributed by atoms with Gasteiger partial charge in [0.05, 0.1) is 17.4 Å². The highest BCUT2D eigenvalue weighted by molar-refractivity contribution is 5.95. The van der Waals surface area contributed by atoms with Crippen LogP contribution in [-0.4, -0.2) is 41.4 Å². The molecule has 1 aromatic rings. The highest BCUT2D eigenvalue weighted by atomic mass is 16.3. The number of likely N-dealkylation sites (tertiary alicyclic amines) is 1. The Kier molecular flexibility index (Phi) is 4.43. The Hall–Kier alpha value is -1.82. The van der Waals surface area contributed by atoms with Crippen LogP contribution in [0.1, 0.15) is 54.6 Å². The number of nitrogens with two attached hydrogens (primary N) is 1. The van der Waals surface area contributed by atoms with Crippen LogP contribution in [0.5, 0.6) is 0 Å². The minimum absolute atomic E-state index is 0.0884. The number of carbonyl (C=O) groups excluding carboxylic acids is 2. The van der Waals surface area contributed by atoms with Crippen molar-refractivity contribution < 1.29 is 14.0 Å². The molecule has 1 saturated carbocycles. The van der Waals surface area contributed by atoms with E-state index in [1.165, 1.54) is 6.26 Å². The molecule has 3 rings (SSSR count). The van der Waals surface area contributed by atoms with Gasteiger partial charge in [0.15, 0.2) is 0 Å². The number of nitrogens with zero attached hydrogens (tertiary/aromatic N) is 1. The molecule has 6 heteroatoms. The van der Waals surface area contributed by atoms with Gasteiger partial charge in [-0.05, 0) is 38.7 Å². The zero-order valence-corrected chi connectivity index (χ0v) is 13.6. The summed E-state index contributed by atoms with van der Waals surface area (Å²) in [5, 5.41) is 3.03. The monoisotopic (exact) mass is 319 g/mol. The van der Waals surface area contributed by atoms with Crippen LogP contribution in [0.25, 0.3) is 0 Å². The Bertz CT molecular complexity index is 582. The van der Waals surface area contributed by atoms with Crippen LogP contribution in [0.4, 0.5) is 0 Å². The van der Waals surface area contributed by atoms with Gasteiger partial charge in [-0.15, -0.1) is 0 Å². The van der Waals surface area contributed by atoms with Crippen LogP contribution in [0, 0.1) is 6.92 Å². The lowest BCUT2D eigenvalue weighted by Crippen LogP contribution is -2.56. The summed E-state index contributed by atoms with van der Waals surface area (Å²) in [6.07, 6.45) is 6.73. The van der Waals surface area contributed by atoms with Gasteiger partial charge in [-0.2, -0.15) is 0 Å². The van der Waals surface area contributed by atoms with Gasteiger partial charge in [0.2, 0.25) is 5.91 Å². The van der Waals surface area contributed by atoms with Crippen LogP contribution in [-0.2, 0) is 4.79 Å². The van der Waals surface area contributed by atoms with Crippen molar-refractivity contribution in [3.8, 4) is 0 Å². The van der Waals surface area contributed by atoms with E-state index in [-0.39, 0.29) is 17.9 Å². The second-order valence-electron chi connectivity index (χ2n) is 6.79. The number of piperidine rings is 1. The molecule has 23 heavy (non-hydrogen) atoms. The smallest absolute Gasteiger partial charge is 0.255 e. The van der Waals surface area contributed by atoms with Crippen molar-refractivity contribution in [3.63, 3.8) is 0 Å². The van der Waals surface area contributed by atoms with Gasteiger partial charge >= 0.3 is 0 Å². The molecular formula is C17H25N3O3. The predicted molar refractivity (Wildman–Crippen MR) is 85.9 cm³/mol. The average molecular weight is 319 g/mol. The minimum atomic E-state index is -0.649. The summed E-state index contributed by atoms with van der Waals surface area (Å²) in [5.41, 5.74) is 6.19. The Morgan fingerprint density at radius 2 is 1.96 bits per heavy atom. The average Bonchev–Trinajstić information content (AvgIpc) is 3.17. The van der Waals surface area contributed by atoms with E-state index < -0.39 is 5.54 Å². The second kappa shape index (κ2) is 6.35. The van der Waals surface area contributed by atoms with E-state index in [9.17, 15) is 9.59 Å². The first-order valence-corrected chi connectivity index (χ1v) is 8.43. The fourth-order valence-corrected chi connectivity index (χ4v) is 3.65. The minimum Gasteiger partial charge on any atom is -0.469 e.